The summed E-state index contributed by atoms with van der Waals surface area (Å²) in [5, 5.41) is 0. The maximum atomic E-state index is 12.4. The fraction of sp³-hybridized carbons (Fsp3) is 0.444. The molecule has 2 aromatic rings. The average molecular weight is 351 g/mol. The molecule has 3 nitrogen and oxygen atoms in total. The minimum absolute atomic E-state index is 0. The highest BCUT2D eigenvalue weighted by Gasteiger charge is 2.25. The number of carbonyl (C=O) groups is 1. The van der Waals surface area contributed by atoms with E-state index in [1.165, 1.54) is 10.4 Å². The van der Waals surface area contributed by atoms with Gasteiger partial charge in [-0.3, -0.25) is 4.79 Å². The molecular formula is C18H23ClN2OS. The van der Waals surface area contributed by atoms with E-state index in [-0.39, 0.29) is 18.3 Å². The monoisotopic (exact) mass is 350 g/mol. The number of hydrogen-bond donors (Lipinski definition) is 0. The highest BCUT2D eigenvalue weighted by Crippen LogP contribution is 2.21. The molecule has 0 aliphatic carbocycles. The van der Waals surface area contributed by atoms with E-state index in [2.05, 4.69) is 37.3 Å². The maximum absolute atomic E-state index is 12.4. The van der Waals surface area contributed by atoms with E-state index in [1.807, 2.05) is 21.2 Å². The molecule has 5 heteroatoms. The first-order valence-electron chi connectivity index (χ1n) is 7.96. The Hall–Kier alpha value is -1.39. The average Bonchev–Trinajstić information content (AvgIpc) is 2.94. The fourth-order valence-electron chi connectivity index (χ4n) is 3.12. The first-order valence-corrected chi connectivity index (χ1v) is 8.84. The molecule has 0 bridgehead atoms. The highest BCUT2D eigenvalue weighted by atomic mass is 35.5. The summed E-state index contributed by atoms with van der Waals surface area (Å²) in [6.45, 7) is 4.36. The van der Waals surface area contributed by atoms with Crippen LogP contribution in [0.4, 0.5) is 0 Å². The Labute approximate surface area is 148 Å². The number of piperidine rings is 1. The summed E-state index contributed by atoms with van der Waals surface area (Å²) in [7, 11) is 0. The predicted octanol–water partition coefficient (Wildman–Crippen LogP) is -0.171. The maximum Gasteiger partial charge on any atom is 0.288 e. The number of amides is 1. The molecule has 0 N–H and O–H groups in total. The molecule has 0 atom stereocenters. The van der Waals surface area contributed by atoms with E-state index in [9.17, 15) is 4.79 Å². The van der Waals surface area contributed by atoms with Gasteiger partial charge in [-0.25, -0.2) is 0 Å². The predicted molar refractivity (Wildman–Crippen MR) is 88.7 cm³/mol. The number of hydrogen-bond acceptors (Lipinski definition) is 2. The molecule has 0 unspecified atom stereocenters. The van der Waals surface area contributed by atoms with Crippen molar-refractivity contribution in [2.45, 2.75) is 32.7 Å². The minimum Gasteiger partial charge on any atom is -1.00 e. The number of rotatable bonds is 4. The van der Waals surface area contributed by atoms with E-state index in [1.54, 1.807) is 11.3 Å². The van der Waals surface area contributed by atoms with Gasteiger partial charge in [0.15, 0.2) is 6.20 Å². The summed E-state index contributed by atoms with van der Waals surface area (Å²) in [6.07, 6.45) is 5.42. The number of carbonyl (C=O) groups excluding carboxylic acids is 1. The van der Waals surface area contributed by atoms with Gasteiger partial charge in [0.2, 0.25) is 12.1 Å². The summed E-state index contributed by atoms with van der Waals surface area (Å²) in [5.41, 5.74) is 3.44. The zero-order valence-electron chi connectivity index (χ0n) is 13.5. The van der Waals surface area contributed by atoms with Gasteiger partial charge >= 0.3 is 0 Å². The molecule has 1 aliphatic heterocycles. The molecule has 0 spiro atoms. The van der Waals surface area contributed by atoms with Crippen molar-refractivity contribution in [3.8, 4) is 0 Å². The molecular weight excluding hydrogens is 328 g/mol. The quantitative estimate of drug-likeness (QED) is 0.703. The van der Waals surface area contributed by atoms with E-state index in [4.69, 9.17) is 0 Å². The van der Waals surface area contributed by atoms with Crippen LogP contribution < -0.4 is 17.0 Å². The summed E-state index contributed by atoms with van der Waals surface area (Å²) >= 11 is 1.69. The molecule has 1 aromatic heterocycles. The van der Waals surface area contributed by atoms with Crippen LogP contribution in [-0.2, 0) is 17.8 Å². The lowest BCUT2D eigenvalue weighted by Gasteiger charge is -2.31. The molecule has 23 heavy (non-hydrogen) atoms. The van der Waals surface area contributed by atoms with Gasteiger partial charge in [-0.2, -0.15) is 4.57 Å². The van der Waals surface area contributed by atoms with Crippen LogP contribution in [0.5, 0.6) is 0 Å². The molecule has 2 heterocycles. The number of likely N-dealkylation sites (tertiary alicyclic amines) is 1. The SMILES string of the molecule is Cc1c[n+](CC(=O)N2CCC(Cc3ccccc3)CC2)cs1.[Cl-]. The second-order valence-corrected chi connectivity index (χ2v) is 7.24. The standard InChI is InChI=1S/C18H23N2OS.ClH/c1-15-12-19(14-22-15)13-18(21)20-9-7-17(8-10-20)11-16-5-3-2-4-6-16;/h2-6,12,14,17H,7-11,13H2,1H3;1H/q+1;/p-1. The third-order valence-electron chi connectivity index (χ3n) is 4.37. The van der Waals surface area contributed by atoms with Crippen molar-refractivity contribution >= 4 is 17.2 Å². The summed E-state index contributed by atoms with van der Waals surface area (Å²) < 4.78 is 2.00. The van der Waals surface area contributed by atoms with Crippen molar-refractivity contribution in [2.75, 3.05) is 13.1 Å². The molecule has 1 amide bonds. The van der Waals surface area contributed by atoms with Crippen LogP contribution in [0.3, 0.4) is 0 Å². The summed E-state index contributed by atoms with van der Waals surface area (Å²) in [6, 6.07) is 10.7. The van der Waals surface area contributed by atoms with Gasteiger partial charge in [0.25, 0.3) is 5.91 Å². The molecule has 1 fully saturated rings. The van der Waals surface area contributed by atoms with Crippen molar-refractivity contribution in [1.82, 2.24) is 4.90 Å². The largest absolute Gasteiger partial charge is 1.00 e. The van der Waals surface area contributed by atoms with E-state index < -0.39 is 0 Å². The smallest absolute Gasteiger partial charge is 0.288 e. The van der Waals surface area contributed by atoms with Crippen LogP contribution >= 0.6 is 11.3 Å². The topological polar surface area (TPSA) is 24.2 Å². The summed E-state index contributed by atoms with van der Waals surface area (Å²) in [4.78, 5) is 15.6. The number of halogens is 1. The second kappa shape index (κ2) is 8.46. The lowest BCUT2D eigenvalue weighted by Crippen LogP contribution is -3.00. The first kappa shape index (κ1) is 18.0. The normalized spacial score (nSPS) is 15.3. The summed E-state index contributed by atoms with van der Waals surface area (Å²) in [5.74, 6) is 0.962. The van der Waals surface area contributed by atoms with Crippen molar-refractivity contribution in [1.29, 1.82) is 0 Å². The molecule has 1 aromatic carbocycles. The Morgan fingerprint density at radius 1 is 1.26 bits per heavy atom. The van der Waals surface area contributed by atoms with Crippen molar-refractivity contribution in [3.05, 3.63) is 52.5 Å². The number of benzene rings is 1. The zero-order chi connectivity index (χ0) is 15.4. The van der Waals surface area contributed by atoms with Crippen molar-refractivity contribution in [2.24, 2.45) is 5.92 Å². The van der Waals surface area contributed by atoms with Gasteiger partial charge in [0.1, 0.15) is 0 Å². The van der Waals surface area contributed by atoms with Gasteiger partial charge < -0.3 is 17.3 Å². The van der Waals surface area contributed by atoms with E-state index in [0.29, 0.717) is 12.5 Å². The van der Waals surface area contributed by atoms with E-state index >= 15 is 0 Å². The Kier molecular flexibility index (Phi) is 6.60. The molecule has 3 rings (SSSR count). The Bertz CT molecular complexity index is 621. The fourth-order valence-corrected chi connectivity index (χ4v) is 3.75. The highest BCUT2D eigenvalue weighted by molar-refractivity contribution is 7.09. The molecule has 124 valence electrons. The van der Waals surface area contributed by atoms with Crippen molar-refractivity contribution < 1.29 is 21.8 Å². The van der Waals surface area contributed by atoms with Gasteiger partial charge in [-0.1, -0.05) is 41.7 Å². The Balaban J connectivity index is 0.00000192. The first-order chi connectivity index (χ1) is 10.7. The molecule has 0 saturated carbocycles. The Morgan fingerprint density at radius 3 is 2.57 bits per heavy atom. The van der Waals surface area contributed by atoms with Crippen LogP contribution in [0, 0.1) is 12.8 Å². The van der Waals surface area contributed by atoms with E-state index in [0.717, 1.165) is 32.4 Å². The van der Waals surface area contributed by atoms with Crippen LogP contribution in [0.2, 0.25) is 0 Å². The third kappa shape index (κ3) is 5.05. The lowest BCUT2D eigenvalue weighted by atomic mass is 9.90. The van der Waals surface area contributed by atoms with Crippen LogP contribution in [-0.4, -0.2) is 23.9 Å². The zero-order valence-corrected chi connectivity index (χ0v) is 15.0. The van der Waals surface area contributed by atoms with Gasteiger partial charge in [0, 0.05) is 13.1 Å². The van der Waals surface area contributed by atoms with Crippen LogP contribution in [0.15, 0.2) is 42.0 Å². The van der Waals surface area contributed by atoms with Gasteiger partial charge in [-0.05, 0) is 37.7 Å². The van der Waals surface area contributed by atoms with Gasteiger partial charge in [0.05, 0.1) is 4.88 Å². The number of aromatic nitrogens is 1. The molecule has 1 saturated heterocycles. The van der Waals surface area contributed by atoms with Crippen molar-refractivity contribution in [3.63, 3.8) is 0 Å². The third-order valence-corrected chi connectivity index (χ3v) is 5.23. The molecule has 1 aliphatic rings. The number of nitrogens with zero attached hydrogens (tertiary/aromatic N) is 2. The number of aryl methyl sites for hydroxylation is 1. The van der Waals surface area contributed by atoms with Crippen LogP contribution in [0.1, 0.15) is 23.3 Å². The molecule has 0 radical (unpaired) electrons. The lowest BCUT2D eigenvalue weighted by molar-refractivity contribution is -0.680. The second-order valence-electron chi connectivity index (χ2n) is 6.15. The Morgan fingerprint density at radius 2 is 1.96 bits per heavy atom. The van der Waals surface area contributed by atoms with Crippen LogP contribution in [0.25, 0.3) is 0 Å². The minimum atomic E-state index is 0. The van der Waals surface area contributed by atoms with Gasteiger partial charge in [-0.15, -0.1) is 0 Å². The number of thiazole rings is 1.